The monoisotopic (exact) mass is 209 g/mol. The van der Waals surface area contributed by atoms with Crippen LogP contribution in [0.4, 0.5) is 0 Å². The van der Waals surface area contributed by atoms with Gasteiger partial charge in [0.15, 0.2) is 12.1 Å². The maximum Gasteiger partial charge on any atom is 0.275 e. The van der Waals surface area contributed by atoms with Crippen LogP contribution >= 0.6 is 11.3 Å². The van der Waals surface area contributed by atoms with Crippen LogP contribution in [0.15, 0.2) is 18.7 Å². The molecule has 0 aliphatic carbocycles. The van der Waals surface area contributed by atoms with Crippen molar-refractivity contribution in [1.29, 1.82) is 0 Å². The number of methoxy groups -OCH3 is 1. The van der Waals surface area contributed by atoms with Crippen molar-refractivity contribution in [2.75, 3.05) is 7.11 Å². The van der Waals surface area contributed by atoms with Crippen LogP contribution in [-0.2, 0) is 0 Å². The van der Waals surface area contributed by atoms with Crippen LogP contribution in [0.3, 0.4) is 0 Å². The third-order valence-corrected chi connectivity index (χ3v) is 2.58. The fraction of sp³-hybridized carbons (Fsp3) is 0.125. The molecule has 2 rings (SSSR count). The van der Waals surface area contributed by atoms with E-state index in [1.54, 1.807) is 23.3 Å². The van der Waals surface area contributed by atoms with Gasteiger partial charge in [-0.25, -0.2) is 4.98 Å². The van der Waals surface area contributed by atoms with Gasteiger partial charge in [0, 0.05) is 12.4 Å². The number of ether oxygens (including phenoxy) is 1. The van der Waals surface area contributed by atoms with Gasteiger partial charge >= 0.3 is 0 Å². The molecule has 5 nitrogen and oxygen atoms in total. The smallest absolute Gasteiger partial charge is 0.275 e. The molecule has 2 aromatic heterocycles. The van der Waals surface area contributed by atoms with Crippen molar-refractivity contribution in [3.8, 4) is 11.0 Å². The van der Waals surface area contributed by atoms with Crippen LogP contribution in [0.25, 0.3) is 5.82 Å². The second-order valence-corrected chi connectivity index (χ2v) is 3.45. The minimum Gasteiger partial charge on any atom is -0.473 e. The molecule has 0 aromatic carbocycles. The fourth-order valence-electron chi connectivity index (χ4n) is 1.04. The molecule has 0 atom stereocenters. The van der Waals surface area contributed by atoms with Crippen molar-refractivity contribution in [2.45, 2.75) is 0 Å². The molecule has 72 valence electrons. The summed E-state index contributed by atoms with van der Waals surface area (Å²) < 4.78 is 6.62. The second-order valence-electron chi connectivity index (χ2n) is 2.46. The van der Waals surface area contributed by atoms with E-state index >= 15 is 0 Å². The van der Waals surface area contributed by atoms with Crippen molar-refractivity contribution < 1.29 is 9.53 Å². The van der Waals surface area contributed by atoms with Crippen LogP contribution in [-0.4, -0.2) is 27.9 Å². The van der Waals surface area contributed by atoms with E-state index in [-0.39, 0.29) is 0 Å². The predicted molar refractivity (Wildman–Crippen MR) is 51.2 cm³/mol. The zero-order chi connectivity index (χ0) is 9.97. The molecule has 0 unspecified atom stereocenters. The van der Waals surface area contributed by atoms with Gasteiger partial charge in [-0.05, 0) is 0 Å². The molecule has 0 radical (unpaired) electrons. The Hall–Kier alpha value is -1.69. The molecular formula is C8H7N3O2S. The average molecular weight is 209 g/mol. The molecule has 0 bridgehead atoms. The van der Waals surface area contributed by atoms with Gasteiger partial charge in [-0.2, -0.15) is 4.98 Å². The Morgan fingerprint density at radius 2 is 2.50 bits per heavy atom. The molecule has 6 heteroatoms. The molecule has 0 saturated heterocycles. The molecule has 0 fully saturated rings. The Kier molecular flexibility index (Phi) is 2.28. The molecule has 2 heterocycles. The molecule has 0 N–H and O–H groups in total. The summed E-state index contributed by atoms with van der Waals surface area (Å²) in [6.07, 6.45) is 5.69. The SMILES string of the molecule is COc1nc(-n2ccnc2)c(C=O)s1. The van der Waals surface area contributed by atoms with Crippen molar-refractivity contribution in [2.24, 2.45) is 0 Å². The Morgan fingerprint density at radius 1 is 1.64 bits per heavy atom. The lowest BCUT2D eigenvalue weighted by molar-refractivity contribution is 0.112. The molecular weight excluding hydrogens is 202 g/mol. The first-order valence-corrected chi connectivity index (χ1v) is 4.65. The van der Waals surface area contributed by atoms with E-state index in [1.807, 2.05) is 0 Å². The molecule has 14 heavy (non-hydrogen) atoms. The molecule has 0 aliphatic rings. The summed E-state index contributed by atoms with van der Waals surface area (Å²) in [7, 11) is 1.52. The topological polar surface area (TPSA) is 57.0 Å². The zero-order valence-electron chi connectivity index (χ0n) is 7.38. The van der Waals surface area contributed by atoms with Crippen molar-refractivity contribution in [1.82, 2.24) is 14.5 Å². The number of thiazole rings is 1. The van der Waals surface area contributed by atoms with E-state index in [0.717, 1.165) is 6.29 Å². The van der Waals surface area contributed by atoms with E-state index in [2.05, 4.69) is 9.97 Å². The van der Waals surface area contributed by atoms with E-state index in [0.29, 0.717) is 15.9 Å². The van der Waals surface area contributed by atoms with Gasteiger partial charge < -0.3 is 4.74 Å². The highest BCUT2D eigenvalue weighted by Crippen LogP contribution is 2.25. The van der Waals surface area contributed by atoms with Gasteiger partial charge in [0.05, 0.1) is 7.11 Å². The van der Waals surface area contributed by atoms with Crippen LogP contribution < -0.4 is 4.74 Å². The fourth-order valence-corrected chi connectivity index (χ4v) is 1.73. The van der Waals surface area contributed by atoms with E-state index in [1.165, 1.54) is 18.4 Å². The maximum absolute atomic E-state index is 10.7. The largest absolute Gasteiger partial charge is 0.473 e. The summed E-state index contributed by atoms with van der Waals surface area (Å²) in [5, 5.41) is 0.468. The summed E-state index contributed by atoms with van der Waals surface area (Å²) in [6.45, 7) is 0. The van der Waals surface area contributed by atoms with Crippen LogP contribution in [0.2, 0.25) is 0 Å². The molecule has 0 amide bonds. The van der Waals surface area contributed by atoms with E-state index in [9.17, 15) is 4.79 Å². The van der Waals surface area contributed by atoms with Crippen LogP contribution in [0, 0.1) is 0 Å². The second kappa shape index (κ2) is 3.59. The Morgan fingerprint density at radius 3 is 3.07 bits per heavy atom. The molecule has 0 aliphatic heterocycles. The van der Waals surface area contributed by atoms with Gasteiger partial charge in [0.1, 0.15) is 11.2 Å². The van der Waals surface area contributed by atoms with E-state index in [4.69, 9.17) is 4.74 Å². The minimum atomic E-state index is 0.468. The summed E-state index contributed by atoms with van der Waals surface area (Å²) >= 11 is 1.21. The third-order valence-electron chi connectivity index (χ3n) is 1.65. The summed E-state index contributed by atoms with van der Waals surface area (Å²) in [5.41, 5.74) is 0. The Bertz CT molecular complexity index is 435. The number of nitrogens with zero attached hydrogens (tertiary/aromatic N) is 3. The van der Waals surface area contributed by atoms with Crippen LogP contribution in [0.1, 0.15) is 9.67 Å². The molecule has 0 spiro atoms. The first kappa shape index (κ1) is 8.89. The van der Waals surface area contributed by atoms with Gasteiger partial charge in [0.2, 0.25) is 0 Å². The molecule has 2 aromatic rings. The van der Waals surface area contributed by atoms with Crippen molar-refractivity contribution in [3.05, 3.63) is 23.6 Å². The quantitative estimate of drug-likeness (QED) is 0.711. The highest BCUT2D eigenvalue weighted by Gasteiger charge is 2.11. The van der Waals surface area contributed by atoms with Crippen molar-refractivity contribution in [3.63, 3.8) is 0 Å². The summed E-state index contributed by atoms with van der Waals surface area (Å²) in [4.78, 5) is 19.3. The Balaban J connectivity index is 2.51. The summed E-state index contributed by atoms with van der Waals surface area (Å²) in [5.74, 6) is 0.555. The lowest BCUT2D eigenvalue weighted by atomic mass is 10.5. The highest BCUT2D eigenvalue weighted by molar-refractivity contribution is 7.15. The Labute approximate surface area is 84.0 Å². The first-order chi connectivity index (χ1) is 6.85. The lowest BCUT2D eigenvalue weighted by Crippen LogP contribution is -1.94. The highest BCUT2D eigenvalue weighted by atomic mass is 32.1. The number of imidazole rings is 1. The number of hydrogen-bond donors (Lipinski definition) is 0. The van der Waals surface area contributed by atoms with E-state index < -0.39 is 0 Å². The summed E-state index contributed by atoms with van der Waals surface area (Å²) in [6, 6.07) is 0. The first-order valence-electron chi connectivity index (χ1n) is 3.83. The lowest BCUT2D eigenvalue weighted by Gasteiger charge is -1.95. The number of aromatic nitrogens is 3. The number of carbonyl (C=O) groups is 1. The van der Waals surface area contributed by atoms with Gasteiger partial charge in [0.25, 0.3) is 5.19 Å². The van der Waals surface area contributed by atoms with Gasteiger partial charge in [-0.15, -0.1) is 0 Å². The number of carbonyl (C=O) groups excluding carboxylic acids is 1. The molecule has 0 saturated carbocycles. The predicted octanol–water partition coefficient (Wildman–Crippen LogP) is 1.15. The van der Waals surface area contributed by atoms with Crippen molar-refractivity contribution >= 4 is 17.6 Å². The maximum atomic E-state index is 10.7. The average Bonchev–Trinajstić information content (AvgIpc) is 2.85. The zero-order valence-corrected chi connectivity index (χ0v) is 8.19. The number of aldehydes is 1. The number of hydrogen-bond acceptors (Lipinski definition) is 5. The third kappa shape index (κ3) is 1.39. The standard InChI is InChI=1S/C8H7N3O2S/c1-13-8-10-7(6(4-12)14-8)11-3-2-9-5-11/h2-5H,1H3. The minimum absolute atomic E-state index is 0.468. The number of rotatable bonds is 3. The normalized spacial score (nSPS) is 10.1. The van der Waals surface area contributed by atoms with Gasteiger partial charge in [-0.3, -0.25) is 9.36 Å². The van der Waals surface area contributed by atoms with Gasteiger partial charge in [-0.1, -0.05) is 11.3 Å². The van der Waals surface area contributed by atoms with Crippen LogP contribution in [0.5, 0.6) is 5.19 Å².